The van der Waals surface area contributed by atoms with Crippen LogP contribution in [0.15, 0.2) is 53.7 Å². The lowest BCUT2D eigenvalue weighted by atomic mass is 10.2. The van der Waals surface area contributed by atoms with Gasteiger partial charge < -0.3 is 9.30 Å². The first kappa shape index (κ1) is 19.3. The minimum absolute atomic E-state index is 0.120. The molecule has 1 N–H and O–H groups in total. The van der Waals surface area contributed by atoms with Gasteiger partial charge in [0.1, 0.15) is 5.03 Å². The summed E-state index contributed by atoms with van der Waals surface area (Å²) < 4.78 is 31.5. The smallest absolute Gasteiger partial charge is 0.267 e. The molecule has 1 aliphatic heterocycles. The average molecular weight is 390 g/mol. The van der Waals surface area contributed by atoms with Gasteiger partial charge in [0.15, 0.2) is 16.1 Å². The quantitative estimate of drug-likeness (QED) is 0.605. The Kier molecular flexibility index (Phi) is 6.10. The van der Waals surface area contributed by atoms with Crippen LogP contribution in [0.4, 0.5) is 0 Å². The standard InChI is InChI=1S/C19H22N2O5S/c1-27(23,24)19-15(12-13-21(19)16-7-3-2-4-8-16)10-11-17(22)20-26-18-9-5-6-14-25-18/h2-4,7-8,10-13,18H,5-6,9,14H2,1H3,(H,20,22). The number of ether oxygens (including phenoxy) is 1. The Morgan fingerprint density at radius 1 is 1.26 bits per heavy atom. The first-order valence-corrected chi connectivity index (χ1v) is 10.6. The van der Waals surface area contributed by atoms with Crippen molar-refractivity contribution in [2.45, 2.75) is 30.6 Å². The molecule has 7 nitrogen and oxygen atoms in total. The number of carbonyl (C=O) groups excluding carboxylic acids is 1. The summed E-state index contributed by atoms with van der Waals surface area (Å²) in [6.07, 6.45) is 7.75. The van der Waals surface area contributed by atoms with E-state index >= 15 is 0 Å². The highest BCUT2D eigenvalue weighted by atomic mass is 32.2. The van der Waals surface area contributed by atoms with E-state index < -0.39 is 22.0 Å². The van der Waals surface area contributed by atoms with E-state index in [0.29, 0.717) is 12.2 Å². The average Bonchev–Trinajstić information content (AvgIpc) is 3.11. The zero-order valence-electron chi connectivity index (χ0n) is 15.0. The lowest BCUT2D eigenvalue weighted by Gasteiger charge is -2.21. The molecular formula is C19H22N2O5S. The van der Waals surface area contributed by atoms with Gasteiger partial charge in [-0.1, -0.05) is 18.2 Å². The molecule has 2 heterocycles. The molecule has 0 spiro atoms. The largest absolute Gasteiger partial charge is 0.350 e. The maximum atomic E-state index is 12.3. The topological polar surface area (TPSA) is 86.6 Å². The molecule has 8 heteroatoms. The van der Waals surface area contributed by atoms with Gasteiger partial charge in [0.25, 0.3) is 5.91 Å². The highest BCUT2D eigenvalue weighted by molar-refractivity contribution is 7.90. The Bertz CT molecular complexity index is 913. The summed E-state index contributed by atoms with van der Waals surface area (Å²) in [6.45, 7) is 0.612. The Morgan fingerprint density at radius 2 is 2.04 bits per heavy atom. The van der Waals surface area contributed by atoms with Gasteiger partial charge in [-0.15, -0.1) is 0 Å². The molecule has 0 aliphatic carbocycles. The summed E-state index contributed by atoms with van der Waals surface area (Å²) in [5.74, 6) is -0.490. The van der Waals surface area contributed by atoms with Crippen LogP contribution in [-0.2, 0) is 24.2 Å². The van der Waals surface area contributed by atoms with E-state index in [9.17, 15) is 13.2 Å². The van der Waals surface area contributed by atoms with Crippen molar-refractivity contribution in [3.63, 3.8) is 0 Å². The number of hydrogen-bond donors (Lipinski definition) is 1. The summed E-state index contributed by atoms with van der Waals surface area (Å²) in [5, 5.41) is 0.120. The van der Waals surface area contributed by atoms with Crippen molar-refractivity contribution in [2.24, 2.45) is 0 Å². The van der Waals surface area contributed by atoms with Crippen LogP contribution in [0.1, 0.15) is 24.8 Å². The van der Waals surface area contributed by atoms with Gasteiger partial charge in [-0.25, -0.2) is 18.7 Å². The molecule has 3 rings (SSSR count). The van der Waals surface area contributed by atoms with Crippen molar-refractivity contribution in [1.82, 2.24) is 10.0 Å². The van der Waals surface area contributed by atoms with Gasteiger partial charge in [0.2, 0.25) is 0 Å². The maximum absolute atomic E-state index is 12.3. The highest BCUT2D eigenvalue weighted by Crippen LogP contribution is 2.23. The SMILES string of the molecule is CS(=O)(=O)c1c(C=CC(=O)NOC2CCCCO2)ccn1-c1ccccc1. The van der Waals surface area contributed by atoms with Gasteiger partial charge in [-0.2, -0.15) is 0 Å². The van der Waals surface area contributed by atoms with Gasteiger partial charge in [-0.3, -0.25) is 4.79 Å². The number of para-hydroxylation sites is 1. The fourth-order valence-electron chi connectivity index (χ4n) is 2.87. The Morgan fingerprint density at radius 3 is 2.70 bits per heavy atom. The summed E-state index contributed by atoms with van der Waals surface area (Å²) >= 11 is 0. The van der Waals surface area contributed by atoms with Crippen LogP contribution >= 0.6 is 0 Å². The molecule has 2 aromatic rings. The molecule has 144 valence electrons. The van der Waals surface area contributed by atoms with Crippen molar-refractivity contribution in [3.8, 4) is 5.69 Å². The van der Waals surface area contributed by atoms with Crippen molar-refractivity contribution in [2.75, 3.05) is 12.9 Å². The van der Waals surface area contributed by atoms with Crippen molar-refractivity contribution in [3.05, 3.63) is 54.2 Å². The molecule has 1 aliphatic rings. The molecular weight excluding hydrogens is 368 g/mol. The zero-order chi connectivity index (χ0) is 19.3. The van der Waals surface area contributed by atoms with Crippen LogP contribution in [-0.4, -0.2) is 38.0 Å². The summed E-state index contributed by atoms with van der Waals surface area (Å²) in [5.41, 5.74) is 3.46. The fourth-order valence-corrected chi connectivity index (χ4v) is 3.96. The predicted octanol–water partition coefficient (Wildman–Crippen LogP) is 2.47. The fraction of sp³-hybridized carbons (Fsp3) is 0.316. The van der Waals surface area contributed by atoms with E-state index in [2.05, 4.69) is 5.48 Å². The van der Waals surface area contributed by atoms with E-state index in [1.165, 1.54) is 12.2 Å². The molecule has 1 unspecified atom stereocenters. The number of hydroxylamine groups is 1. The second-order valence-corrected chi connectivity index (χ2v) is 8.20. The molecule has 27 heavy (non-hydrogen) atoms. The number of benzene rings is 1. The molecule has 1 aromatic heterocycles. The second-order valence-electron chi connectivity index (χ2n) is 6.27. The van der Waals surface area contributed by atoms with Gasteiger partial charge in [-0.05, 0) is 37.1 Å². The number of nitrogens with one attached hydrogen (secondary N) is 1. The number of sulfone groups is 1. The molecule has 1 saturated heterocycles. The van der Waals surface area contributed by atoms with Crippen LogP contribution in [0, 0.1) is 0 Å². The number of nitrogens with zero attached hydrogens (tertiary/aromatic N) is 1. The number of amides is 1. The number of hydrogen-bond acceptors (Lipinski definition) is 5. The molecule has 0 bridgehead atoms. The Labute approximate surface area is 158 Å². The van der Waals surface area contributed by atoms with Crippen molar-refractivity contribution in [1.29, 1.82) is 0 Å². The van der Waals surface area contributed by atoms with E-state index in [1.807, 2.05) is 30.3 Å². The van der Waals surface area contributed by atoms with E-state index in [1.54, 1.807) is 16.8 Å². The van der Waals surface area contributed by atoms with Gasteiger partial charge in [0.05, 0.1) is 0 Å². The second kappa shape index (κ2) is 8.51. The zero-order valence-corrected chi connectivity index (χ0v) is 15.8. The van der Waals surface area contributed by atoms with E-state index in [0.717, 1.165) is 31.2 Å². The number of rotatable bonds is 6. The van der Waals surface area contributed by atoms with Crippen molar-refractivity contribution < 1.29 is 22.8 Å². The third-order valence-corrected chi connectivity index (χ3v) is 5.23. The molecule has 0 radical (unpaired) electrons. The van der Waals surface area contributed by atoms with Crippen LogP contribution < -0.4 is 5.48 Å². The Balaban J connectivity index is 1.75. The van der Waals surface area contributed by atoms with Crippen LogP contribution in [0.5, 0.6) is 0 Å². The van der Waals surface area contributed by atoms with Gasteiger partial charge in [0, 0.05) is 42.8 Å². The van der Waals surface area contributed by atoms with Crippen LogP contribution in [0.25, 0.3) is 11.8 Å². The summed E-state index contributed by atoms with van der Waals surface area (Å²) in [4.78, 5) is 17.2. The predicted molar refractivity (Wildman–Crippen MR) is 101 cm³/mol. The van der Waals surface area contributed by atoms with E-state index in [-0.39, 0.29) is 5.03 Å². The summed E-state index contributed by atoms with van der Waals surface area (Å²) in [6, 6.07) is 10.8. The minimum Gasteiger partial charge on any atom is -0.350 e. The molecule has 1 aromatic carbocycles. The first-order valence-electron chi connectivity index (χ1n) is 8.67. The Hall–Kier alpha value is -2.42. The third kappa shape index (κ3) is 5.06. The molecule has 1 amide bonds. The lowest BCUT2D eigenvalue weighted by Crippen LogP contribution is -2.32. The molecule has 1 fully saturated rings. The van der Waals surface area contributed by atoms with E-state index in [4.69, 9.17) is 9.57 Å². The first-order chi connectivity index (χ1) is 12.9. The third-order valence-electron chi connectivity index (χ3n) is 4.10. The number of carbonyl (C=O) groups is 1. The summed E-state index contributed by atoms with van der Waals surface area (Å²) in [7, 11) is -3.52. The van der Waals surface area contributed by atoms with Crippen molar-refractivity contribution >= 4 is 21.8 Å². The van der Waals surface area contributed by atoms with Crippen LogP contribution in [0.3, 0.4) is 0 Å². The monoisotopic (exact) mass is 390 g/mol. The highest BCUT2D eigenvalue weighted by Gasteiger charge is 2.19. The molecule has 0 saturated carbocycles. The van der Waals surface area contributed by atoms with Crippen LogP contribution in [0.2, 0.25) is 0 Å². The lowest BCUT2D eigenvalue weighted by molar-refractivity contribution is -0.198. The normalized spacial score (nSPS) is 17.9. The van der Waals surface area contributed by atoms with Gasteiger partial charge >= 0.3 is 0 Å². The molecule has 1 atom stereocenters. The minimum atomic E-state index is -3.52. The number of aromatic nitrogens is 1. The maximum Gasteiger partial charge on any atom is 0.267 e.